The highest BCUT2D eigenvalue weighted by molar-refractivity contribution is 7.53. The second-order valence-electron chi connectivity index (χ2n) is 14.4. The second-order valence-corrected chi connectivity index (χ2v) is 15.3. The molecule has 0 aliphatic heterocycles. The summed E-state index contributed by atoms with van der Waals surface area (Å²) in [4.78, 5) is 26.2. The molecule has 0 rings (SSSR count). The number of nitrogens with zero attached hydrogens (tertiary/aromatic N) is 1. The van der Waals surface area contributed by atoms with E-state index in [0.717, 1.165) is 43.1 Å². The third-order valence-corrected chi connectivity index (χ3v) is 9.67. The van der Waals surface area contributed by atoms with E-state index in [-0.39, 0.29) is 20.1 Å². The van der Waals surface area contributed by atoms with Crippen LogP contribution in [0.2, 0.25) is 0 Å². The van der Waals surface area contributed by atoms with Gasteiger partial charge in [-0.3, -0.25) is 9.59 Å². The number of carbonyl (C=O) groups excluding carboxylic acids is 2. The van der Waals surface area contributed by atoms with Gasteiger partial charge in [0.1, 0.15) is 18.9 Å². The van der Waals surface area contributed by atoms with Crippen molar-refractivity contribution in [3.8, 4) is 0 Å². The largest absolute Gasteiger partial charge is 0.349 e. The Kier molecular flexibility index (Phi) is 32.0. The molecule has 0 aliphatic rings. The number of quaternary nitrogens is 1. The Morgan fingerprint density at radius 1 is 0.591 bits per heavy atom. The summed E-state index contributed by atoms with van der Waals surface area (Å²) in [7, 11) is 6.18. The molecule has 0 aromatic rings. The first-order valence-corrected chi connectivity index (χ1v) is 20.1. The van der Waals surface area contributed by atoms with E-state index in [9.17, 15) is 9.59 Å². The average molecular weight is 639 g/mol. The van der Waals surface area contributed by atoms with Gasteiger partial charge < -0.3 is 9.01 Å². The zero-order valence-electron chi connectivity index (χ0n) is 30.4. The molecule has 0 bridgehead atoms. The highest BCUT2D eigenvalue weighted by atomic mass is 31.1. The number of ketones is 1. The quantitative estimate of drug-likeness (QED) is 0.0228. The SMILES string of the molecule is CCCCCCCCC=CCCCCCCC(C(=O)CCCCCCCCCCCCCCC)C(=O)POCC[N+](C)(C)C. The number of hydrogen-bond acceptors (Lipinski definition) is 3. The summed E-state index contributed by atoms with van der Waals surface area (Å²) in [6, 6.07) is 0. The standard InChI is InChI=1S/C39H77NO3P/c1-6-8-10-12-14-16-18-20-22-23-25-27-29-31-33-37(39(42)44-43-36-35-40(3,4)5)38(41)34-32-30-28-26-24-21-19-17-15-13-11-9-7-2/h20,22,37,44H,6-19,21,23-36H2,1-5H3/q+1. The predicted molar refractivity (Wildman–Crippen MR) is 196 cm³/mol. The molecule has 0 spiro atoms. The second kappa shape index (κ2) is 32.4. The van der Waals surface area contributed by atoms with E-state index in [1.807, 2.05) is 0 Å². The Balaban J connectivity index is 4.21. The van der Waals surface area contributed by atoms with Gasteiger partial charge in [0.05, 0.1) is 35.9 Å². The van der Waals surface area contributed by atoms with Gasteiger partial charge in [0.15, 0.2) is 5.52 Å². The minimum Gasteiger partial charge on any atom is -0.349 e. The lowest BCUT2D eigenvalue weighted by molar-refractivity contribution is -0.870. The van der Waals surface area contributed by atoms with Gasteiger partial charge >= 0.3 is 0 Å². The summed E-state index contributed by atoms with van der Waals surface area (Å²) >= 11 is 0. The molecule has 4 nitrogen and oxygen atoms in total. The molecule has 0 aromatic carbocycles. The number of Topliss-reactive ketones (excluding diaryl/α,β-unsaturated/α-hetero) is 1. The van der Waals surface area contributed by atoms with Crippen molar-refractivity contribution in [1.82, 2.24) is 0 Å². The molecule has 260 valence electrons. The van der Waals surface area contributed by atoms with Crippen LogP contribution in [0.25, 0.3) is 0 Å². The maximum Gasteiger partial charge on any atom is 0.189 e. The van der Waals surface area contributed by atoms with E-state index < -0.39 is 5.92 Å². The number of hydrogen-bond donors (Lipinski definition) is 0. The van der Waals surface area contributed by atoms with Crippen LogP contribution in [0.4, 0.5) is 0 Å². The van der Waals surface area contributed by atoms with Crippen molar-refractivity contribution in [2.75, 3.05) is 34.3 Å². The van der Waals surface area contributed by atoms with Crippen LogP contribution in [-0.2, 0) is 14.1 Å². The Bertz CT molecular complexity index is 673. The number of allylic oxidation sites excluding steroid dienone is 2. The van der Waals surface area contributed by atoms with Gasteiger partial charge in [-0.15, -0.1) is 0 Å². The highest BCUT2D eigenvalue weighted by Gasteiger charge is 2.26. The van der Waals surface area contributed by atoms with Crippen LogP contribution >= 0.6 is 8.81 Å². The van der Waals surface area contributed by atoms with E-state index in [1.54, 1.807) is 0 Å². The topological polar surface area (TPSA) is 43.4 Å². The lowest BCUT2D eigenvalue weighted by atomic mass is 9.94. The summed E-state index contributed by atoms with van der Waals surface area (Å²) in [6.45, 7) is 5.98. The van der Waals surface area contributed by atoms with E-state index in [4.69, 9.17) is 4.52 Å². The van der Waals surface area contributed by atoms with E-state index in [0.29, 0.717) is 19.4 Å². The number of carbonyl (C=O) groups is 2. The molecule has 0 saturated heterocycles. The molecular formula is C39H77NO3P+. The summed E-state index contributed by atoms with van der Waals surface area (Å²) in [5.41, 5.74) is 0.0312. The minimum atomic E-state index is -0.452. The van der Waals surface area contributed by atoms with Crippen LogP contribution in [0.1, 0.15) is 187 Å². The molecule has 2 atom stereocenters. The van der Waals surface area contributed by atoms with Gasteiger partial charge in [-0.25, -0.2) is 0 Å². The van der Waals surface area contributed by atoms with E-state index in [1.165, 1.54) is 128 Å². The molecule has 2 unspecified atom stereocenters. The third kappa shape index (κ3) is 31.4. The molecule has 0 fully saturated rings. The van der Waals surface area contributed by atoms with E-state index >= 15 is 0 Å². The summed E-state index contributed by atoms with van der Waals surface area (Å²) in [6.07, 6.45) is 37.9. The van der Waals surface area contributed by atoms with Gasteiger partial charge in [0, 0.05) is 6.42 Å². The molecule has 44 heavy (non-hydrogen) atoms. The molecule has 5 heteroatoms. The minimum absolute atomic E-state index is 0.0312. The monoisotopic (exact) mass is 639 g/mol. The first-order chi connectivity index (χ1) is 21.3. The smallest absolute Gasteiger partial charge is 0.189 e. The normalized spacial score (nSPS) is 13.0. The van der Waals surface area contributed by atoms with Gasteiger partial charge in [0.25, 0.3) is 0 Å². The van der Waals surface area contributed by atoms with Crippen molar-refractivity contribution in [3.63, 3.8) is 0 Å². The number of unbranched alkanes of at least 4 members (excludes halogenated alkanes) is 22. The van der Waals surface area contributed by atoms with Gasteiger partial charge in [-0.05, 0) is 38.5 Å². The first-order valence-electron chi connectivity index (χ1n) is 19.2. The van der Waals surface area contributed by atoms with Crippen LogP contribution < -0.4 is 0 Å². The third-order valence-electron chi connectivity index (χ3n) is 8.77. The fraction of sp³-hybridized carbons (Fsp3) is 0.897. The molecule has 0 aromatic heterocycles. The Morgan fingerprint density at radius 2 is 1.00 bits per heavy atom. The van der Waals surface area contributed by atoms with Crippen molar-refractivity contribution >= 4 is 20.1 Å². The Hall–Kier alpha value is -0.570. The van der Waals surface area contributed by atoms with E-state index in [2.05, 4.69) is 47.1 Å². The fourth-order valence-corrected chi connectivity index (χ4v) is 6.47. The molecule has 0 amide bonds. The average Bonchev–Trinajstić information content (AvgIpc) is 2.99. The summed E-state index contributed by atoms with van der Waals surface area (Å²) in [5, 5.41) is 0. The van der Waals surface area contributed by atoms with Crippen LogP contribution in [0.5, 0.6) is 0 Å². The summed E-state index contributed by atoms with van der Waals surface area (Å²) in [5.74, 6) is -0.287. The predicted octanol–water partition coefficient (Wildman–Crippen LogP) is 12.1. The fourth-order valence-electron chi connectivity index (χ4n) is 5.68. The lowest BCUT2D eigenvalue weighted by Gasteiger charge is -2.23. The zero-order valence-corrected chi connectivity index (χ0v) is 31.4. The molecule has 0 radical (unpaired) electrons. The lowest BCUT2D eigenvalue weighted by Crippen LogP contribution is -2.37. The van der Waals surface area contributed by atoms with Crippen molar-refractivity contribution in [3.05, 3.63) is 12.2 Å². The molecule has 0 N–H and O–H groups in total. The highest BCUT2D eigenvalue weighted by Crippen LogP contribution is 2.26. The van der Waals surface area contributed by atoms with Crippen LogP contribution in [0, 0.1) is 5.92 Å². The zero-order chi connectivity index (χ0) is 32.6. The number of likely N-dealkylation sites (N-methyl/N-ethyl adjacent to an activating group) is 1. The number of rotatable bonds is 35. The van der Waals surface area contributed by atoms with Crippen molar-refractivity contribution in [2.24, 2.45) is 5.92 Å². The van der Waals surface area contributed by atoms with Crippen molar-refractivity contribution < 1.29 is 18.6 Å². The Morgan fingerprint density at radius 3 is 1.45 bits per heavy atom. The Labute approximate surface area is 277 Å². The van der Waals surface area contributed by atoms with Crippen LogP contribution in [-0.4, -0.2) is 50.1 Å². The molecule has 0 saturated carbocycles. The van der Waals surface area contributed by atoms with Gasteiger partial charge in [-0.2, -0.15) is 0 Å². The van der Waals surface area contributed by atoms with Crippen molar-refractivity contribution in [2.45, 2.75) is 187 Å². The van der Waals surface area contributed by atoms with Gasteiger partial charge in [-0.1, -0.05) is 154 Å². The van der Waals surface area contributed by atoms with Crippen LogP contribution in [0.3, 0.4) is 0 Å². The summed E-state index contributed by atoms with van der Waals surface area (Å²) < 4.78 is 6.57. The molecule has 0 heterocycles. The van der Waals surface area contributed by atoms with Crippen LogP contribution in [0.15, 0.2) is 12.2 Å². The molecular weight excluding hydrogens is 561 g/mol. The van der Waals surface area contributed by atoms with Gasteiger partial charge in [0.2, 0.25) is 0 Å². The van der Waals surface area contributed by atoms with Crippen molar-refractivity contribution in [1.29, 1.82) is 0 Å². The maximum absolute atomic E-state index is 13.2. The maximum atomic E-state index is 13.2. The first kappa shape index (κ1) is 43.4. The molecule has 0 aliphatic carbocycles.